The normalized spacial score (nSPS) is 15.8. The van der Waals surface area contributed by atoms with Gasteiger partial charge in [-0.05, 0) is 43.5 Å². The van der Waals surface area contributed by atoms with Gasteiger partial charge in [0.1, 0.15) is 16.2 Å². The van der Waals surface area contributed by atoms with Gasteiger partial charge in [0.25, 0.3) is 5.91 Å². The van der Waals surface area contributed by atoms with Gasteiger partial charge in [-0.2, -0.15) is 5.10 Å². The molecule has 28 heavy (non-hydrogen) atoms. The van der Waals surface area contributed by atoms with Gasteiger partial charge in [-0.1, -0.05) is 25.0 Å². The second-order valence-corrected chi connectivity index (χ2v) is 8.34. The summed E-state index contributed by atoms with van der Waals surface area (Å²) < 4.78 is 15.0. The molecule has 0 aliphatic heterocycles. The summed E-state index contributed by atoms with van der Waals surface area (Å²) in [5.74, 6) is -1.04. The first-order valence-electron chi connectivity index (χ1n) is 9.22. The summed E-state index contributed by atoms with van der Waals surface area (Å²) in [6.45, 7) is 2.37. The van der Waals surface area contributed by atoms with Crippen molar-refractivity contribution in [2.45, 2.75) is 44.7 Å². The third-order valence-corrected chi connectivity index (χ3v) is 6.51. The zero-order chi connectivity index (χ0) is 19.9. The Morgan fingerprint density at radius 3 is 2.61 bits per heavy atom. The van der Waals surface area contributed by atoms with Gasteiger partial charge in [0.2, 0.25) is 5.91 Å². The lowest BCUT2D eigenvalue weighted by molar-refractivity contribution is -0.123. The summed E-state index contributed by atoms with van der Waals surface area (Å²) in [5, 5.41) is 8.32. The van der Waals surface area contributed by atoms with Crippen LogP contribution in [0.5, 0.6) is 0 Å². The minimum Gasteiger partial charge on any atom is -0.368 e. The third-order valence-electron chi connectivity index (χ3n) is 5.36. The fourth-order valence-electron chi connectivity index (χ4n) is 3.78. The summed E-state index contributed by atoms with van der Waals surface area (Å²) in [5.41, 5.74) is 6.36. The molecule has 0 saturated heterocycles. The van der Waals surface area contributed by atoms with E-state index in [2.05, 4.69) is 10.4 Å². The molecule has 1 fully saturated rings. The molecule has 1 aliphatic carbocycles. The number of carbonyl (C=O) groups excluding carboxylic acids is 2. The molecule has 1 aliphatic rings. The molecule has 1 aromatic carbocycles. The van der Waals surface area contributed by atoms with E-state index < -0.39 is 11.4 Å². The monoisotopic (exact) mass is 400 g/mol. The molecule has 0 unspecified atom stereocenters. The first-order chi connectivity index (χ1) is 13.4. The third kappa shape index (κ3) is 3.28. The molecule has 0 bridgehead atoms. The fourth-order valence-corrected chi connectivity index (χ4v) is 4.84. The number of carbonyl (C=O) groups is 2. The van der Waals surface area contributed by atoms with Crippen LogP contribution in [-0.2, 0) is 11.3 Å². The maximum absolute atomic E-state index is 13.1. The standard InChI is InChI=1S/C20H21FN4O2S/c1-12-15-10-16(17(26)23-20(19(22)27)8-2-3-9-20)28-18(15)25(24-12)11-13-4-6-14(21)7-5-13/h4-7,10H,2-3,8-9,11H2,1H3,(H2,22,27)(H,23,26). The molecule has 146 valence electrons. The Balaban J connectivity index is 1.61. The lowest BCUT2D eigenvalue weighted by atomic mass is 9.96. The van der Waals surface area contributed by atoms with Crippen LogP contribution in [0.15, 0.2) is 30.3 Å². The number of nitrogens with zero attached hydrogens (tertiary/aromatic N) is 2. The first-order valence-corrected chi connectivity index (χ1v) is 10.0. The summed E-state index contributed by atoms with van der Waals surface area (Å²) in [6, 6.07) is 8.08. The van der Waals surface area contributed by atoms with Crippen LogP contribution in [0.25, 0.3) is 10.2 Å². The van der Waals surface area contributed by atoms with Crippen LogP contribution in [0.1, 0.15) is 46.6 Å². The fraction of sp³-hybridized carbons (Fsp3) is 0.350. The second kappa shape index (κ2) is 7.01. The van der Waals surface area contributed by atoms with Gasteiger partial charge in [-0.15, -0.1) is 11.3 Å². The average molecular weight is 400 g/mol. The molecule has 1 saturated carbocycles. The Labute approximate surface area is 165 Å². The molecular formula is C20H21FN4O2S. The SMILES string of the molecule is Cc1nn(Cc2ccc(F)cc2)c2sc(C(=O)NC3(C(N)=O)CCCC3)cc12. The molecular weight excluding hydrogens is 379 g/mol. The van der Waals surface area contributed by atoms with Gasteiger partial charge < -0.3 is 11.1 Å². The number of nitrogens with two attached hydrogens (primary N) is 1. The van der Waals surface area contributed by atoms with E-state index in [9.17, 15) is 14.0 Å². The van der Waals surface area contributed by atoms with Crippen molar-refractivity contribution in [2.24, 2.45) is 5.73 Å². The number of fused-ring (bicyclic) bond motifs is 1. The smallest absolute Gasteiger partial charge is 0.262 e. The van der Waals surface area contributed by atoms with Gasteiger partial charge in [-0.25, -0.2) is 4.39 Å². The van der Waals surface area contributed by atoms with Crippen molar-refractivity contribution in [1.82, 2.24) is 15.1 Å². The number of hydrogen-bond donors (Lipinski definition) is 2. The number of aryl methyl sites for hydroxylation is 1. The van der Waals surface area contributed by atoms with Gasteiger partial charge in [0, 0.05) is 5.39 Å². The Kier molecular flexibility index (Phi) is 4.66. The number of aromatic nitrogens is 2. The highest BCUT2D eigenvalue weighted by molar-refractivity contribution is 7.20. The van der Waals surface area contributed by atoms with Crippen LogP contribution in [-0.4, -0.2) is 27.1 Å². The van der Waals surface area contributed by atoms with Crippen molar-refractivity contribution >= 4 is 33.4 Å². The molecule has 2 amide bonds. The van der Waals surface area contributed by atoms with Crippen LogP contribution >= 0.6 is 11.3 Å². The van der Waals surface area contributed by atoms with Crippen molar-refractivity contribution in [1.29, 1.82) is 0 Å². The van der Waals surface area contributed by atoms with E-state index in [1.807, 2.05) is 17.7 Å². The first kappa shape index (κ1) is 18.6. The van der Waals surface area contributed by atoms with E-state index >= 15 is 0 Å². The van der Waals surface area contributed by atoms with Crippen LogP contribution in [0, 0.1) is 12.7 Å². The van der Waals surface area contributed by atoms with Crippen molar-refractivity contribution in [2.75, 3.05) is 0 Å². The van der Waals surface area contributed by atoms with E-state index in [0.29, 0.717) is 24.3 Å². The zero-order valence-corrected chi connectivity index (χ0v) is 16.3. The molecule has 3 aromatic rings. The minimum atomic E-state index is -0.942. The Bertz CT molecular complexity index is 1050. The molecule has 4 rings (SSSR count). The maximum Gasteiger partial charge on any atom is 0.262 e. The highest BCUT2D eigenvalue weighted by Crippen LogP contribution is 2.32. The molecule has 8 heteroatoms. The predicted molar refractivity (Wildman–Crippen MR) is 106 cm³/mol. The summed E-state index contributed by atoms with van der Waals surface area (Å²) in [6.07, 6.45) is 2.91. The van der Waals surface area contributed by atoms with Crippen molar-refractivity contribution in [3.05, 3.63) is 52.3 Å². The van der Waals surface area contributed by atoms with E-state index in [0.717, 1.165) is 34.3 Å². The van der Waals surface area contributed by atoms with Gasteiger partial charge in [0.05, 0.1) is 17.1 Å². The molecule has 2 aromatic heterocycles. The van der Waals surface area contributed by atoms with Crippen molar-refractivity contribution in [3.8, 4) is 0 Å². The quantitative estimate of drug-likeness (QED) is 0.689. The lowest BCUT2D eigenvalue weighted by Crippen LogP contribution is -2.55. The number of thiophene rings is 1. The molecule has 0 spiro atoms. The number of nitrogens with one attached hydrogen (secondary N) is 1. The Morgan fingerprint density at radius 2 is 1.96 bits per heavy atom. The number of amides is 2. The number of primary amides is 1. The topological polar surface area (TPSA) is 90.0 Å². The van der Waals surface area contributed by atoms with E-state index in [4.69, 9.17) is 5.73 Å². The van der Waals surface area contributed by atoms with Gasteiger partial charge >= 0.3 is 0 Å². The molecule has 6 nitrogen and oxygen atoms in total. The summed E-state index contributed by atoms with van der Waals surface area (Å²) in [7, 11) is 0. The van der Waals surface area contributed by atoms with Crippen LogP contribution in [0.3, 0.4) is 0 Å². The number of benzene rings is 1. The Hall–Kier alpha value is -2.74. The van der Waals surface area contributed by atoms with Crippen molar-refractivity contribution < 1.29 is 14.0 Å². The predicted octanol–water partition coefficient (Wildman–Crippen LogP) is 3.12. The summed E-state index contributed by atoms with van der Waals surface area (Å²) in [4.78, 5) is 26.1. The van der Waals surface area contributed by atoms with Gasteiger partial charge in [0.15, 0.2) is 0 Å². The van der Waals surface area contributed by atoms with Crippen LogP contribution in [0.4, 0.5) is 4.39 Å². The Morgan fingerprint density at radius 1 is 1.29 bits per heavy atom. The minimum absolute atomic E-state index is 0.282. The number of hydrogen-bond acceptors (Lipinski definition) is 4. The number of halogens is 1. The zero-order valence-electron chi connectivity index (χ0n) is 15.5. The highest BCUT2D eigenvalue weighted by atomic mass is 32.1. The molecule has 3 N–H and O–H groups in total. The van der Waals surface area contributed by atoms with Crippen LogP contribution < -0.4 is 11.1 Å². The van der Waals surface area contributed by atoms with E-state index in [-0.39, 0.29) is 11.7 Å². The highest BCUT2D eigenvalue weighted by Gasteiger charge is 2.41. The largest absolute Gasteiger partial charge is 0.368 e. The van der Waals surface area contributed by atoms with Gasteiger partial charge in [-0.3, -0.25) is 14.3 Å². The number of rotatable bonds is 5. The maximum atomic E-state index is 13.1. The second-order valence-electron chi connectivity index (χ2n) is 7.31. The van der Waals surface area contributed by atoms with Crippen LogP contribution in [0.2, 0.25) is 0 Å². The molecule has 0 radical (unpaired) electrons. The molecule has 0 atom stereocenters. The van der Waals surface area contributed by atoms with E-state index in [1.165, 1.54) is 23.5 Å². The summed E-state index contributed by atoms with van der Waals surface area (Å²) >= 11 is 1.33. The lowest BCUT2D eigenvalue weighted by Gasteiger charge is -2.26. The average Bonchev–Trinajstić information content (AvgIpc) is 3.35. The molecule has 2 heterocycles. The van der Waals surface area contributed by atoms with Crippen molar-refractivity contribution in [3.63, 3.8) is 0 Å². The van der Waals surface area contributed by atoms with E-state index in [1.54, 1.807) is 12.1 Å².